The maximum Gasteiger partial charge on any atom is 0.250 e. The van der Waals surface area contributed by atoms with E-state index in [2.05, 4.69) is 10.6 Å². The molecule has 0 aromatic heterocycles. The molecule has 1 fully saturated rings. The first-order valence-corrected chi connectivity index (χ1v) is 7.53. The van der Waals surface area contributed by atoms with E-state index in [0.717, 1.165) is 24.4 Å². The van der Waals surface area contributed by atoms with Crippen molar-refractivity contribution in [2.45, 2.75) is 31.7 Å². The summed E-state index contributed by atoms with van der Waals surface area (Å²) in [4.78, 5) is 11.8. The normalized spacial score (nSPS) is 18.2. The van der Waals surface area contributed by atoms with Crippen molar-refractivity contribution in [1.82, 2.24) is 5.32 Å². The molecule has 1 unspecified atom stereocenters. The summed E-state index contributed by atoms with van der Waals surface area (Å²) in [6.45, 7) is 1.80. The first-order chi connectivity index (χ1) is 10.3. The molecule has 1 saturated heterocycles. The van der Waals surface area contributed by atoms with E-state index in [1.807, 2.05) is 18.2 Å². The number of methoxy groups -OCH3 is 1. The highest BCUT2D eigenvalue weighted by atomic mass is 16.5. The largest absolute Gasteiger partial charge is 0.497 e. The van der Waals surface area contributed by atoms with Crippen molar-refractivity contribution in [3.63, 3.8) is 0 Å². The van der Waals surface area contributed by atoms with Gasteiger partial charge in [-0.3, -0.25) is 4.79 Å². The van der Waals surface area contributed by atoms with Crippen molar-refractivity contribution < 1.29 is 14.3 Å². The molecule has 1 heterocycles. The molecule has 1 amide bonds. The average molecular weight is 292 g/mol. The fourth-order valence-electron chi connectivity index (χ4n) is 2.46. The minimum atomic E-state index is -0.139. The van der Waals surface area contributed by atoms with Gasteiger partial charge in [-0.2, -0.15) is 0 Å². The van der Waals surface area contributed by atoms with Gasteiger partial charge in [0.2, 0.25) is 5.91 Å². The first-order valence-electron chi connectivity index (χ1n) is 7.53. The number of amides is 1. The summed E-state index contributed by atoms with van der Waals surface area (Å²) >= 11 is 0. The Morgan fingerprint density at radius 3 is 3.10 bits per heavy atom. The molecule has 1 aliphatic heterocycles. The molecule has 116 valence electrons. The molecule has 1 atom stereocenters. The highest BCUT2D eigenvalue weighted by molar-refractivity contribution is 5.91. The maximum absolute atomic E-state index is 11.8. The summed E-state index contributed by atoms with van der Waals surface area (Å²) in [7, 11) is 1.60. The van der Waals surface area contributed by atoms with Crippen LogP contribution in [-0.4, -0.2) is 38.8 Å². The van der Waals surface area contributed by atoms with Crippen LogP contribution in [0.1, 0.15) is 25.7 Å². The number of carbonyl (C=O) groups excluding carboxylic acids is 1. The smallest absolute Gasteiger partial charge is 0.250 e. The van der Waals surface area contributed by atoms with Crippen LogP contribution in [0.25, 0.3) is 0 Å². The second kappa shape index (κ2) is 8.64. The Morgan fingerprint density at radius 2 is 2.33 bits per heavy atom. The van der Waals surface area contributed by atoms with Crippen molar-refractivity contribution in [2.24, 2.45) is 0 Å². The number of ether oxygens (including phenoxy) is 2. The van der Waals surface area contributed by atoms with Gasteiger partial charge in [0.1, 0.15) is 12.4 Å². The predicted molar refractivity (Wildman–Crippen MR) is 82.7 cm³/mol. The van der Waals surface area contributed by atoms with E-state index in [1.165, 1.54) is 19.3 Å². The minimum absolute atomic E-state index is 0.0872. The number of anilines is 1. The van der Waals surface area contributed by atoms with Gasteiger partial charge in [-0.1, -0.05) is 12.5 Å². The lowest BCUT2D eigenvalue weighted by Crippen LogP contribution is -2.35. The number of nitrogens with one attached hydrogen (secondary N) is 2. The van der Waals surface area contributed by atoms with E-state index in [1.54, 1.807) is 13.2 Å². The highest BCUT2D eigenvalue weighted by Gasteiger charge is 2.12. The fourth-order valence-corrected chi connectivity index (χ4v) is 2.46. The van der Waals surface area contributed by atoms with Gasteiger partial charge >= 0.3 is 0 Å². The van der Waals surface area contributed by atoms with Crippen molar-refractivity contribution in [1.29, 1.82) is 0 Å². The van der Waals surface area contributed by atoms with Gasteiger partial charge in [-0.25, -0.2) is 0 Å². The number of carbonyl (C=O) groups is 1. The van der Waals surface area contributed by atoms with Crippen molar-refractivity contribution >= 4 is 11.6 Å². The molecule has 1 aromatic carbocycles. The monoisotopic (exact) mass is 292 g/mol. The van der Waals surface area contributed by atoms with Crippen LogP contribution >= 0.6 is 0 Å². The summed E-state index contributed by atoms with van der Waals surface area (Å²) in [5, 5.41) is 6.26. The van der Waals surface area contributed by atoms with E-state index >= 15 is 0 Å². The lowest BCUT2D eigenvalue weighted by atomic mass is 10.0. The zero-order valence-electron chi connectivity index (χ0n) is 12.6. The van der Waals surface area contributed by atoms with Gasteiger partial charge in [0.05, 0.1) is 7.11 Å². The Bertz CT molecular complexity index is 445. The second-order valence-electron chi connectivity index (χ2n) is 5.27. The van der Waals surface area contributed by atoms with Crippen molar-refractivity contribution in [3.05, 3.63) is 24.3 Å². The Morgan fingerprint density at radius 1 is 1.43 bits per heavy atom. The van der Waals surface area contributed by atoms with E-state index in [0.29, 0.717) is 12.6 Å². The molecule has 21 heavy (non-hydrogen) atoms. The second-order valence-corrected chi connectivity index (χ2v) is 5.27. The summed E-state index contributed by atoms with van der Waals surface area (Å²) in [6.07, 6.45) is 4.72. The fraction of sp³-hybridized carbons (Fsp3) is 0.562. The van der Waals surface area contributed by atoms with Crippen LogP contribution < -0.4 is 15.4 Å². The summed E-state index contributed by atoms with van der Waals surface area (Å²) in [5.41, 5.74) is 0.719. The molecule has 0 bridgehead atoms. The lowest BCUT2D eigenvalue weighted by Gasteiger charge is -2.23. The zero-order chi connectivity index (χ0) is 14.9. The van der Waals surface area contributed by atoms with Crippen LogP contribution in [0, 0.1) is 0 Å². The molecule has 1 aromatic rings. The van der Waals surface area contributed by atoms with Crippen molar-refractivity contribution in [3.8, 4) is 5.75 Å². The number of piperidine rings is 1. The summed E-state index contributed by atoms with van der Waals surface area (Å²) in [5.74, 6) is 0.581. The van der Waals surface area contributed by atoms with Gasteiger partial charge in [0.25, 0.3) is 0 Å². The number of hydrogen-bond acceptors (Lipinski definition) is 4. The Labute approximate surface area is 126 Å². The maximum atomic E-state index is 11.8. The molecule has 1 aliphatic rings. The molecule has 2 rings (SSSR count). The standard InChI is InChI=1S/C16H24N2O3/c1-20-15-7-4-6-14(11-15)18-16(19)12-21-10-8-13-5-2-3-9-17-13/h4,6-7,11,13,17H,2-3,5,8-10,12H2,1H3,(H,18,19). The third-order valence-electron chi connectivity index (χ3n) is 3.61. The van der Waals surface area contributed by atoms with Crippen LogP contribution in [0.15, 0.2) is 24.3 Å². The molecular formula is C16H24N2O3. The predicted octanol–water partition coefficient (Wildman–Crippen LogP) is 2.18. The molecule has 5 nitrogen and oxygen atoms in total. The van der Waals surface area contributed by atoms with Gasteiger partial charge in [0, 0.05) is 24.4 Å². The molecule has 0 radical (unpaired) electrons. The third kappa shape index (κ3) is 5.73. The summed E-state index contributed by atoms with van der Waals surface area (Å²) in [6, 6.07) is 7.82. The van der Waals surface area contributed by atoms with E-state index < -0.39 is 0 Å². The van der Waals surface area contributed by atoms with Crippen LogP contribution in [-0.2, 0) is 9.53 Å². The van der Waals surface area contributed by atoms with Crippen LogP contribution in [0.5, 0.6) is 5.75 Å². The molecule has 5 heteroatoms. The lowest BCUT2D eigenvalue weighted by molar-refractivity contribution is -0.120. The van der Waals surface area contributed by atoms with Crippen molar-refractivity contribution in [2.75, 3.05) is 32.2 Å². The topological polar surface area (TPSA) is 59.6 Å². The molecule has 0 aliphatic carbocycles. The zero-order valence-corrected chi connectivity index (χ0v) is 12.6. The quantitative estimate of drug-likeness (QED) is 0.756. The minimum Gasteiger partial charge on any atom is -0.497 e. The van der Waals surface area contributed by atoms with E-state index in [9.17, 15) is 4.79 Å². The Kier molecular flexibility index (Phi) is 6.50. The Balaban J connectivity index is 1.62. The van der Waals surface area contributed by atoms with Crippen LogP contribution in [0.4, 0.5) is 5.69 Å². The van der Waals surface area contributed by atoms with E-state index in [-0.39, 0.29) is 12.5 Å². The number of benzene rings is 1. The third-order valence-corrected chi connectivity index (χ3v) is 3.61. The molecule has 2 N–H and O–H groups in total. The van der Waals surface area contributed by atoms with Gasteiger partial charge in [-0.15, -0.1) is 0 Å². The van der Waals surface area contributed by atoms with Gasteiger partial charge < -0.3 is 20.1 Å². The average Bonchev–Trinajstić information content (AvgIpc) is 2.53. The van der Waals surface area contributed by atoms with Crippen LogP contribution in [0.3, 0.4) is 0 Å². The van der Waals surface area contributed by atoms with Crippen LogP contribution in [0.2, 0.25) is 0 Å². The molecule has 0 saturated carbocycles. The number of hydrogen-bond donors (Lipinski definition) is 2. The SMILES string of the molecule is COc1cccc(NC(=O)COCCC2CCCCN2)c1. The summed E-state index contributed by atoms with van der Waals surface area (Å²) < 4.78 is 10.6. The highest BCUT2D eigenvalue weighted by Crippen LogP contribution is 2.16. The Hall–Kier alpha value is -1.59. The molecule has 0 spiro atoms. The van der Waals surface area contributed by atoms with E-state index in [4.69, 9.17) is 9.47 Å². The van der Waals surface area contributed by atoms with Gasteiger partial charge in [0.15, 0.2) is 0 Å². The number of rotatable bonds is 7. The van der Waals surface area contributed by atoms with Gasteiger partial charge in [-0.05, 0) is 37.9 Å². The first kappa shape index (κ1) is 15.8. The molecular weight excluding hydrogens is 268 g/mol.